The van der Waals surface area contributed by atoms with Crippen LogP contribution in [0, 0.1) is 29.1 Å². The van der Waals surface area contributed by atoms with Crippen LogP contribution in [0.2, 0.25) is 0 Å². The van der Waals surface area contributed by atoms with Crippen LogP contribution in [0.1, 0.15) is 45.4 Å². The van der Waals surface area contributed by atoms with Gasteiger partial charge in [0.2, 0.25) is 0 Å². The fraction of sp³-hybridized carbons (Fsp3) is 0.812. The fourth-order valence-corrected chi connectivity index (χ4v) is 5.14. The molecule has 0 spiro atoms. The Morgan fingerprint density at radius 3 is 2.50 bits per heavy atom. The highest BCUT2D eigenvalue weighted by molar-refractivity contribution is 5.77. The highest BCUT2D eigenvalue weighted by atomic mass is 16.5. The molecule has 5 atom stereocenters. The van der Waals surface area contributed by atoms with Crippen molar-refractivity contribution in [3.05, 3.63) is 12.2 Å². The lowest BCUT2D eigenvalue weighted by Crippen LogP contribution is -2.53. The van der Waals surface area contributed by atoms with Gasteiger partial charge in [-0.05, 0) is 62.2 Å². The zero-order valence-corrected chi connectivity index (χ0v) is 11.5. The van der Waals surface area contributed by atoms with Crippen molar-refractivity contribution in [1.29, 1.82) is 0 Å². The molecule has 0 aliphatic heterocycles. The molecule has 4 fully saturated rings. The Morgan fingerprint density at radius 1 is 1.28 bits per heavy atom. The highest BCUT2D eigenvalue weighted by Gasteiger charge is 2.58. The molecule has 2 heteroatoms. The maximum Gasteiger partial charge on any atom is 0.311 e. The Hall–Kier alpha value is -0.790. The first kappa shape index (κ1) is 12.3. The minimum atomic E-state index is -0.109. The zero-order chi connectivity index (χ0) is 12.8. The van der Waals surface area contributed by atoms with E-state index in [-0.39, 0.29) is 11.4 Å². The summed E-state index contributed by atoms with van der Waals surface area (Å²) in [7, 11) is 1.55. The second kappa shape index (κ2) is 4.40. The normalized spacial score (nSPS) is 45.7. The number of carbonyl (C=O) groups is 1. The van der Waals surface area contributed by atoms with Gasteiger partial charge in [-0.2, -0.15) is 0 Å². The Kier molecular flexibility index (Phi) is 2.99. The van der Waals surface area contributed by atoms with E-state index < -0.39 is 0 Å². The van der Waals surface area contributed by atoms with Gasteiger partial charge in [0.1, 0.15) is 0 Å². The van der Waals surface area contributed by atoms with Crippen LogP contribution in [0.5, 0.6) is 0 Å². The Morgan fingerprint density at radius 2 is 1.94 bits per heavy atom. The van der Waals surface area contributed by atoms with Crippen LogP contribution >= 0.6 is 0 Å². The SMILES string of the molecule is CC/C=C\C1C2CC3C[C@@H]1CC(C(=O)OC)(C3)C2. The Bertz CT molecular complexity index is 355. The van der Waals surface area contributed by atoms with Crippen molar-refractivity contribution >= 4 is 5.97 Å². The lowest BCUT2D eigenvalue weighted by molar-refractivity contribution is -0.172. The summed E-state index contributed by atoms with van der Waals surface area (Å²) in [6.45, 7) is 2.20. The fourth-order valence-electron chi connectivity index (χ4n) is 5.14. The number of esters is 1. The maximum absolute atomic E-state index is 12.1. The van der Waals surface area contributed by atoms with Crippen molar-refractivity contribution in [2.24, 2.45) is 29.1 Å². The molecule has 4 bridgehead atoms. The van der Waals surface area contributed by atoms with Crippen LogP contribution in [-0.4, -0.2) is 13.1 Å². The molecular weight excluding hydrogens is 224 g/mol. The molecule has 0 aromatic rings. The molecule has 4 unspecified atom stereocenters. The summed E-state index contributed by atoms with van der Waals surface area (Å²) < 4.78 is 5.09. The van der Waals surface area contributed by atoms with Crippen LogP contribution in [0.3, 0.4) is 0 Å². The summed E-state index contributed by atoms with van der Waals surface area (Å²) >= 11 is 0. The van der Waals surface area contributed by atoms with Crippen LogP contribution in [-0.2, 0) is 9.53 Å². The summed E-state index contributed by atoms with van der Waals surface area (Å²) in [6, 6.07) is 0. The maximum atomic E-state index is 12.1. The van der Waals surface area contributed by atoms with Crippen molar-refractivity contribution < 1.29 is 9.53 Å². The third-order valence-electron chi connectivity index (χ3n) is 5.56. The van der Waals surface area contributed by atoms with Gasteiger partial charge in [0.05, 0.1) is 12.5 Å². The van der Waals surface area contributed by atoms with Crippen molar-refractivity contribution in [2.45, 2.75) is 45.4 Å². The molecule has 100 valence electrons. The molecule has 0 radical (unpaired) electrons. The molecule has 4 saturated carbocycles. The van der Waals surface area contributed by atoms with Crippen LogP contribution < -0.4 is 0 Å². The van der Waals surface area contributed by atoms with E-state index in [0.717, 1.165) is 49.4 Å². The van der Waals surface area contributed by atoms with Gasteiger partial charge >= 0.3 is 5.97 Å². The van der Waals surface area contributed by atoms with Gasteiger partial charge < -0.3 is 4.74 Å². The Labute approximate surface area is 110 Å². The van der Waals surface area contributed by atoms with Crippen LogP contribution in [0.4, 0.5) is 0 Å². The van der Waals surface area contributed by atoms with Gasteiger partial charge in [-0.15, -0.1) is 0 Å². The van der Waals surface area contributed by atoms with E-state index in [2.05, 4.69) is 19.1 Å². The van der Waals surface area contributed by atoms with Crippen molar-refractivity contribution in [2.75, 3.05) is 7.11 Å². The smallest absolute Gasteiger partial charge is 0.311 e. The largest absolute Gasteiger partial charge is 0.469 e. The molecule has 4 rings (SSSR count). The number of allylic oxidation sites excluding steroid dienone is 2. The molecule has 0 aromatic heterocycles. The van der Waals surface area contributed by atoms with Crippen LogP contribution in [0.25, 0.3) is 0 Å². The number of carbonyl (C=O) groups excluding carboxylic acids is 1. The van der Waals surface area contributed by atoms with E-state index in [4.69, 9.17) is 4.74 Å². The number of hydrogen-bond donors (Lipinski definition) is 0. The summed E-state index contributed by atoms with van der Waals surface area (Å²) in [5, 5.41) is 0. The van der Waals surface area contributed by atoms with Crippen LogP contribution in [0.15, 0.2) is 12.2 Å². The van der Waals surface area contributed by atoms with E-state index in [9.17, 15) is 4.79 Å². The number of methoxy groups -OCH3 is 1. The molecule has 0 N–H and O–H groups in total. The minimum Gasteiger partial charge on any atom is -0.469 e. The first-order valence-corrected chi connectivity index (χ1v) is 7.43. The van der Waals surface area contributed by atoms with E-state index in [1.165, 1.54) is 12.8 Å². The summed E-state index contributed by atoms with van der Waals surface area (Å²) in [5.41, 5.74) is -0.109. The second-order valence-electron chi connectivity index (χ2n) is 6.66. The molecule has 2 nitrogen and oxygen atoms in total. The lowest BCUT2D eigenvalue weighted by atomic mass is 9.46. The highest BCUT2D eigenvalue weighted by Crippen LogP contribution is 2.62. The average molecular weight is 248 g/mol. The first-order valence-electron chi connectivity index (χ1n) is 7.43. The molecule has 0 heterocycles. The molecule has 0 saturated heterocycles. The lowest BCUT2D eigenvalue weighted by Gasteiger charge is -2.58. The van der Waals surface area contributed by atoms with Gasteiger partial charge in [-0.25, -0.2) is 0 Å². The van der Waals surface area contributed by atoms with E-state index >= 15 is 0 Å². The number of ether oxygens (including phenoxy) is 1. The Balaban J connectivity index is 1.84. The van der Waals surface area contributed by atoms with Crippen molar-refractivity contribution in [3.63, 3.8) is 0 Å². The van der Waals surface area contributed by atoms with Gasteiger partial charge in [-0.1, -0.05) is 19.1 Å². The third-order valence-corrected chi connectivity index (χ3v) is 5.56. The molecule has 4 aliphatic carbocycles. The van der Waals surface area contributed by atoms with E-state index in [1.54, 1.807) is 7.11 Å². The zero-order valence-electron chi connectivity index (χ0n) is 11.5. The molecular formula is C16H24O2. The predicted molar refractivity (Wildman–Crippen MR) is 70.9 cm³/mol. The summed E-state index contributed by atoms with van der Waals surface area (Å²) in [5.74, 6) is 3.06. The molecule has 0 aromatic carbocycles. The second-order valence-corrected chi connectivity index (χ2v) is 6.66. The first-order chi connectivity index (χ1) is 8.68. The third kappa shape index (κ3) is 1.72. The number of hydrogen-bond acceptors (Lipinski definition) is 2. The van der Waals surface area contributed by atoms with Crippen molar-refractivity contribution in [1.82, 2.24) is 0 Å². The summed E-state index contributed by atoms with van der Waals surface area (Å²) in [4.78, 5) is 12.1. The predicted octanol–water partition coefficient (Wildman–Crippen LogP) is 3.57. The van der Waals surface area contributed by atoms with Gasteiger partial charge in [0.15, 0.2) is 0 Å². The standard InChI is InChI=1S/C16H24O2/c1-3-4-5-14-12-6-11-7-13(14)10-16(8-11,9-12)15(17)18-2/h4-5,11-14H,3,6-10H2,1-2H3/b5-4-/t11?,12-,13?,14?,16?/m1/s1. The molecule has 0 amide bonds. The topological polar surface area (TPSA) is 26.3 Å². The monoisotopic (exact) mass is 248 g/mol. The van der Waals surface area contributed by atoms with Gasteiger partial charge in [0.25, 0.3) is 0 Å². The molecule has 4 aliphatic rings. The van der Waals surface area contributed by atoms with E-state index in [1.807, 2.05) is 0 Å². The van der Waals surface area contributed by atoms with Gasteiger partial charge in [0, 0.05) is 0 Å². The minimum absolute atomic E-state index is 0.0693. The van der Waals surface area contributed by atoms with E-state index in [0.29, 0.717) is 0 Å². The summed E-state index contributed by atoms with van der Waals surface area (Å²) in [6.07, 6.45) is 11.8. The average Bonchev–Trinajstić information content (AvgIpc) is 2.36. The number of rotatable bonds is 3. The quantitative estimate of drug-likeness (QED) is 0.564. The molecule has 18 heavy (non-hydrogen) atoms. The van der Waals surface area contributed by atoms with Crippen molar-refractivity contribution in [3.8, 4) is 0 Å². The van der Waals surface area contributed by atoms with Gasteiger partial charge in [-0.3, -0.25) is 4.79 Å².